The molecule has 1 heterocycles. The van der Waals surface area contributed by atoms with Crippen LogP contribution in [0.25, 0.3) is 0 Å². The van der Waals surface area contributed by atoms with Gasteiger partial charge in [0.15, 0.2) is 0 Å². The smallest absolute Gasteiger partial charge is 0.222 e. The van der Waals surface area contributed by atoms with Crippen molar-refractivity contribution in [1.29, 1.82) is 0 Å². The molecule has 0 aromatic carbocycles. The van der Waals surface area contributed by atoms with Gasteiger partial charge in [0, 0.05) is 26.1 Å². The number of likely N-dealkylation sites (tertiary alicyclic amines) is 1. The summed E-state index contributed by atoms with van der Waals surface area (Å²) in [6.07, 6.45) is 3.99. The van der Waals surface area contributed by atoms with Crippen molar-refractivity contribution in [1.82, 2.24) is 4.90 Å². The van der Waals surface area contributed by atoms with Crippen molar-refractivity contribution in [3.05, 3.63) is 0 Å². The second-order valence-corrected chi connectivity index (χ2v) is 4.06. The number of carbonyl (C=O) groups is 1. The van der Waals surface area contributed by atoms with Gasteiger partial charge in [0.05, 0.1) is 19.8 Å². The number of nitrogens with zero attached hydrogens (tertiary/aromatic N) is 1. The average molecular weight is 229 g/mol. The van der Waals surface area contributed by atoms with Gasteiger partial charge in [-0.25, -0.2) is 0 Å². The van der Waals surface area contributed by atoms with Gasteiger partial charge in [0.1, 0.15) is 0 Å². The normalized spacial score (nSPS) is 16.1. The van der Waals surface area contributed by atoms with Crippen molar-refractivity contribution < 1.29 is 14.3 Å². The van der Waals surface area contributed by atoms with Gasteiger partial charge in [-0.3, -0.25) is 4.79 Å². The van der Waals surface area contributed by atoms with Crippen LogP contribution in [-0.2, 0) is 14.3 Å². The number of rotatable bonds is 9. The molecule has 1 amide bonds. The van der Waals surface area contributed by atoms with Gasteiger partial charge in [-0.05, 0) is 12.8 Å². The van der Waals surface area contributed by atoms with Gasteiger partial charge in [-0.1, -0.05) is 13.3 Å². The zero-order chi connectivity index (χ0) is 11.6. The molecule has 0 radical (unpaired) electrons. The third-order valence-corrected chi connectivity index (χ3v) is 2.69. The highest BCUT2D eigenvalue weighted by atomic mass is 16.5. The number of hydrogen-bond donors (Lipinski definition) is 0. The molecule has 0 aliphatic carbocycles. The first-order valence-corrected chi connectivity index (χ1v) is 6.28. The quantitative estimate of drug-likeness (QED) is 0.562. The van der Waals surface area contributed by atoms with Gasteiger partial charge in [0.2, 0.25) is 5.91 Å². The summed E-state index contributed by atoms with van der Waals surface area (Å²) in [6.45, 7) is 6.52. The van der Waals surface area contributed by atoms with E-state index in [4.69, 9.17) is 9.47 Å². The van der Waals surface area contributed by atoms with Gasteiger partial charge in [-0.15, -0.1) is 0 Å². The molecular weight excluding hydrogens is 206 g/mol. The zero-order valence-electron chi connectivity index (χ0n) is 10.2. The van der Waals surface area contributed by atoms with Crippen molar-refractivity contribution in [3.8, 4) is 0 Å². The molecule has 4 nitrogen and oxygen atoms in total. The molecule has 0 spiro atoms. The minimum absolute atomic E-state index is 0.266. The Labute approximate surface area is 97.9 Å². The summed E-state index contributed by atoms with van der Waals surface area (Å²) in [6, 6.07) is 0. The van der Waals surface area contributed by atoms with Crippen LogP contribution in [0.2, 0.25) is 0 Å². The molecule has 0 N–H and O–H groups in total. The topological polar surface area (TPSA) is 38.8 Å². The van der Waals surface area contributed by atoms with Gasteiger partial charge < -0.3 is 14.4 Å². The minimum Gasteiger partial charge on any atom is -0.379 e. The fraction of sp³-hybridized carbons (Fsp3) is 0.917. The Bertz CT molecular complexity index is 197. The molecule has 0 unspecified atom stereocenters. The number of unbranched alkanes of at least 4 members (excludes halogenated alkanes) is 1. The Balaban J connectivity index is 1.83. The minimum atomic E-state index is 0.266. The van der Waals surface area contributed by atoms with E-state index in [2.05, 4.69) is 6.92 Å². The predicted molar refractivity (Wildman–Crippen MR) is 62.4 cm³/mol. The van der Waals surface area contributed by atoms with Crippen LogP contribution < -0.4 is 0 Å². The second kappa shape index (κ2) is 8.53. The van der Waals surface area contributed by atoms with E-state index in [1.165, 1.54) is 0 Å². The maximum Gasteiger partial charge on any atom is 0.222 e. The number of hydrogen-bond acceptors (Lipinski definition) is 3. The molecule has 1 aliphatic rings. The molecule has 0 bridgehead atoms. The Hall–Kier alpha value is -0.610. The third-order valence-electron chi connectivity index (χ3n) is 2.69. The lowest BCUT2D eigenvalue weighted by Crippen LogP contribution is -2.28. The van der Waals surface area contributed by atoms with Crippen LogP contribution in [0.15, 0.2) is 0 Å². The Morgan fingerprint density at radius 3 is 2.56 bits per heavy atom. The van der Waals surface area contributed by atoms with Crippen LogP contribution in [0.5, 0.6) is 0 Å². The SMILES string of the molecule is CCCCOCCOCCN1CCCC1=O. The molecule has 0 atom stereocenters. The van der Waals surface area contributed by atoms with E-state index >= 15 is 0 Å². The van der Waals surface area contributed by atoms with E-state index in [0.717, 1.165) is 39.0 Å². The van der Waals surface area contributed by atoms with Gasteiger partial charge >= 0.3 is 0 Å². The molecule has 1 fully saturated rings. The van der Waals surface area contributed by atoms with Crippen molar-refractivity contribution in [2.24, 2.45) is 0 Å². The molecule has 16 heavy (non-hydrogen) atoms. The summed E-state index contributed by atoms with van der Waals surface area (Å²) < 4.78 is 10.8. The fourth-order valence-electron chi connectivity index (χ4n) is 1.68. The van der Waals surface area contributed by atoms with E-state index in [1.54, 1.807) is 0 Å². The molecule has 1 rings (SSSR count). The average Bonchev–Trinajstić information content (AvgIpc) is 2.68. The monoisotopic (exact) mass is 229 g/mol. The lowest BCUT2D eigenvalue weighted by atomic mass is 10.4. The second-order valence-electron chi connectivity index (χ2n) is 4.06. The van der Waals surface area contributed by atoms with E-state index in [0.29, 0.717) is 26.2 Å². The third kappa shape index (κ3) is 5.47. The standard InChI is InChI=1S/C12H23NO3/c1-2-3-8-15-10-11-16-9-7-13-6-4-5-12(13)14/h2-11H2,1H3. The van der Waals surface area contributed by atoms with Crippen LogP contribution in [0, 0.1) is 0 Å². The highest BCUT2D eigenvalue weighted by Gasteiger charge is 2.18. The van der Waals surface area contributed by atoms with Gasteiger partial charge in [-0.2, -0.15) is 0 Å². The van der Waals surface area contributed by atoms with Crippen LogP contribution in [-0.4, -0.2) is 50.3 Å². The summed E-state index contributed by atoms with van der Waals surface area (Å²) in [5, 5.41) is 0. The molecule has 0 aromatic heterocycles. The first-order valence-electron chi connectivity index (χ1n) is 6.28. The molecule has 94 valence electrons. The molecule has 4 heteroatoms. The van der Waals surface area contributed by atoms with Crippen LogP contribution in [0.4, 0.5) is 0 Å². The molecule has 1 saturated heterocycles. The van der Waals surface area contributed by atoms with E-state index in [9.17, 15) is 4.79 Å². The highest BCUT2D eigenvalue weighted by molar-refractivity contribution is 5.77. The van der Waals surface area contributed by atoms with Crippen molar-refractivity contribution >= 4 is 5.91 Å². The summed E-state index contributed by atoms with van der Waals surface area (Å²) in [4.78, 5) is 13.1. The first-order chi connectivity index (χ1) is 7.84. The largest absolute Gasteiger partial charge is 0.379 e. The van der Waals surface area contributed by atoms with Crippen LogP contribution >= 0.6 is 0 Å². The molecule has 0 saturated carbocycles. The Morgan fingerprint density at radius 2 is 1.94 bits per heavy atom. The van der Waals surface area contributed by atoms with E-state index < -0.39 is 0 Å². The number of amides is 1. The van der Waals surface area contributed by atoms with Crippen molar-refractivity contribution in [3.63, 3.8) is 0 Å². The van der Waals surface area contributed by atoms with Crippen molar-refractivity contribution in [2.75, 3.05) is 39.5 Å². The lowest BCUT2D eigenvalue weighted by Gasteiger charge is -2.15. The maximum absolute atomic E-state index is 11.3. The Kier molecular flexibility index (Phi) is 7.17. The predicted octanol–water partition coefficient (Wildman–Crippen LogP) is 1.44. The van der Waals surface area contributed by atoms with E-state index in [1.807, 2.05) is 4.90 Å². The van der Waals surface area contributed by atoms with Crippen molar-refractivity contribution in [2.45, 2.75) is 32.6 Å². The summed E-state index contributed by atoms with van der Waals surface area (Å²) in [5.74, 6) is 0.266. The zero-order valence-corrected chi connectivity index (χ0v) is 10.2. The first kappa shape index (κ1) is 13.5. The number of carbonyl (C=O) groups excluding carboxylic acids is 1. The summed E-state index contributed by atoms with van der Waals surface area (Å²) in [5.41, 5.74) is 0. The maximum atomic E-state index is 11.3. The molecule has 1 aliphatic heterocycles. The highest BCUT2D eigenvalue weighted by Crippen LogP contribution is 2.08. The van der Waals surface area contributed by atoms with Crippen LogP contribution in [0.3, 0.4) is 0 Å². The Morgan fingerprint density at radius 1 is 1.19 bits per heavy atom. The lowest BCUT2D eigenvalue weighted by molar-refractivity contribution is -0.128. The summed E-state index contributed by atoms with van der Waals surface area (Å²) >= 11 is 0. The fourth-order valence-corrected chi connectivity index (χ4v) is 1.68. The summed E-state index contributed by atoms with van der Waals surface area (Å²) in [7, 11) is 0. The van der Waals surface area contributed by atoms with Gasteiger partial charge in [0.25, 0.3) is 0 Å². The van der Waals surface area contributed by atoms with Crippen LogP contribution in [0.1, 0.15) is 32.6 Å². The number of ether oxygens (including phenoxy) is 2. The van der Waals surface area contributed by atoms with E-state index in [-0.39, 0.29) is 5.91 Å². The molecule has 0 aromatic rings. The molecular formula is C12H23NO3.